The van der Waals surface area contributed by atoms with Gasteiger partial charge in [0.2, 0.25) is 10.6 Å². The van der Waals surface area contributed by atoms with E-state index in [1.807, 2.05) is 164 Å². The number of carboxylic acid groups (broad SMARTS) is 2. The lowest BCUT2D eigenvalue weighted by molar-refractivity contribution is 0.0599. The van der Waals surface area contributed by atoms with Crippen LogP contribution in [0.3, 0.4) is 0 Å². The van der Waals surface area contributed by atoms with Gasteiger partial charge in [0.15, 0.2) is 0 Å². The quantitative estimate of drug-likeness (QED) is 0.0219. The van der Waals surface area contributed by atoms with Crippen LogP contribution >= 0.6 is 23.2 Å². The molecule has 658 valence electrons. The number of aliphatic hydroxyl groups is 3. The molecule has 8 N–H and O–H groups in total. The zero-order valence-corrected chi connectivity index (χ0v) is 72.8. The maximum Gasteiger partial charge on any atom is 0.339 e. The normalized spacial score (nSPS) is 12.3. The highest BCUT2D eigenvalue weighted by Crippen LogP contribution is 2.49. The van der Waals surface area contributed by atoms with Crippen molar-refractivity contribution in [1.29, 1.82) is 0 Å². The number of aliphatic hydroxyl groups excluding tert-OH is 1. The maximum absolute atomic E-state index is 12.5. The third-order valence-corrected chi connectivity index (χ3v) is 20.2. The number of carbonyl (C=O) groups is 3. The summed E-state index contributed by atoms with van der Waals surface area (Å²) in [5, 5.41) is 48.9. The van der Waals surface area contributed by atoms with Crippen LogP contribution in [0.2, 0.25) is 10.6 Å². The third kappa shape index (κ3) is 35.0. The molecule has 0 spiro atoms. The number of hydrogen-bond acceptors (Lipinski definition) is 16. The number of aromatic carboxylic acids is 2. The zero-order valence-electron chi connectivity index (χ0n) is 72.3. The van der Waals surface area contributed by atoms with Crippen molar-refractivity contribution in [1.82, 2.24) is 20.3 Å². The van der Waals surface area contributed by atoms with Crippen LogP contribution in [0.15, 0.2) is 370 Å². The van der Waals surface area contributed by atoms with Crippen LogP contribution in [0.4, 0.5) is 31.5 Å². The van der Waals surface area contributed by atoms with E-state index in [2.05, 4.69) is 199 Å². The standard InChI is InChI=1S/C23H23NO.C22H21NO2.C21H19NO2.C14H15N.C9H11NO.C7H5FO2.C4H8O.C3HCl2N3.CH3F.CH4O/c25-23(15-16-23)21-13-7-8-14-22(21)24(17-19-9-3-1-4-10-19)18-20-11-5-2-6-12-20;1-25-22(24)20-14-8-9-15-21(20)23(16-18-10-4-2-5-11-18)17-19-12-6-3-7-13-19;23-21(24)19-13-7-8-14-20(19)22(15-17-9-3-1-4-10-17)16-18-11-5-2-6-12-18;1-3-7-13(8-4-1)11-15-12-14-9-5-2-6-10-14;10-8-4-2-1-3-7(8)9(11)5-6-9;8-6-4-2-1-3-5(6)7(9)10;1-2-4-5-3-1;4-2-6-1-7-3(5)8-2;2*1-2/h1-14,25H,15-18H2;2-15H,16-17H2,1H3;1-14H,15-16H2,(H,23,24);1-10,15H,11-12H2;1-4,11H,5-6,10H2;1-4H,(H,9,10);1-4H2;1H;1H3;2H,1H3/i;;;;;;;;1D;. The number of methoxy groups -OCH3 is 1. The molecular weight excluding hydrogens is 1640 g/mol. The molecule has 0 atom stereocenters. The fourth-order valence-corrected chi connectivity index (χ4v) is 13.5. The second-order valence-corrected chi connectivity index (χ2v) is 29.9. The number of anilines is 4. The first kappa shape index (κ1) is 97.5. The summed E-state index contributed by atoms with van der Waals surface area (Å²) in [7, 11) is 1.41. The van der Waals surface area contributed by atoms with Gasteiger partial charge in [-0.15, -0.1) is 0 Å². The fourth-order valence-electron chi connectivity index (χ4n) is 13.2. The molecule has 0 bridgehead atoms. The minimum atomic E-state index is -1.24. The van der Waals surface area contributed by atoms with Crippen molar-refractivity contribution >= 4 is 63.9 Å². The highest BCUT2D eigenvalue weighted by molar-refractivity contribution is 6.30. The molecule has 0 radical (unpaired) electrons. The Morgan fingerprint density at radius 1 is 0.417 bits per heavy atom. The van der Waals surface area contributed by atoms with Gasteiger partial charge in [0.25, 0.3) is 0 Å². The van der Waals surface area contributed by atoms with Crippen LogP contribution in [-0.4, -0.2) is 93.0 Å². The third-order valence-electron chi connectivity index (χ3n) is 19.9. The van der Waals surface area contributed by atoms with Crippen molar-refractivity contribution in [3.05, 3.63) is 459 Å². The van der Waals surface area contributed by atoms with Gasteiger partial charge in [0, 0.05) is 95.2 Å². The molecule has 22 heteroatoms. The minimum Gasteiger partial charge on any atom is -0.478 e. The van der Waals surface area contributed by atoms with Crippen LogP contribution in [-0.2, 0) is 73.0 Å². The smallest absolute Gasteiger partial charge is 0.339 e. The van der Waals surface area contributed by atoms with Gasteiger partial charge in [-0.1, -0.05) is 315 Å². The number of halogens is 4. The molecular formula is C105H110Cl2F2N8O10. The number of nitrogens with two attached hydrogens (primary N) is 1. The summed E-state index contributed by atoms with van der Waals surface area (Å²) < 4.78 is 37.9. The second-order valence-electron chi connectivity index (χ2n) is 29.2. The topological polar surface area (TPSA) is 257 Å². The van der Waals surface area contributed by atoms with E-state index in [1.54, 1.807) is 12.1 Å². The maximum atomic E-state index is 12.5. The SMILES string of the molecule is C1CCOC1.CO.COC(=O)c1ccccc1N(Cc1ccccc1)Cc1ccccc1.Clc1ncnc(Cl)n1.Nc1ccccc1C1(O)CC1.O=C(O)c1ccccc1F.O=C(O)c1ccccc1N(Cc1ccccc1)Cc1ccccc1.OC1(c2ccccc2N(Cc2ccccc2)Cc2ccccc2)CC1.[2H]CF.c1ccc(CNCc2ccccc2)cc1. The van der Waals surface area contributed by atoms with Gasteiger partial charge in [-0.25, -0.2) is 28.7 Å². The molecule has 127 heavy (non-hydrogen) atoms. The Bertz CT molecular complexity index is 5300. The molecule has 3 aliphatic rings. The first-order valence-corrected chi connectivity index (χ1v) is 42.1. The average Bonchev–Trinajstić information content (AvgIpc) is 1.62. The van der Waals surface area contributed by atoms with Crippen LogP contribution in [0.5, 0.6) is 0 Å². The number of aromatic nitrogens is 3. The Labute approximate surface area is 755 Å². The van der Waals surface area contributed by atoms with E-state index in [9.17, 15) is 38.5 Å². The molecule has 0 amide bonds. The van der Waals surface area contributed by atoms with Crippen molar-refractivity contribution in [3.63, 3.8) is 0 Å². The number of rotatable bonds is 24. The van der Waals surface area contributed by atoms with Gasteiger partial charge in [-0.05, 0) is 155 Å². The molecule has 14 aromatic rings. The average molecular weight is 1750 g/mol. The summed E-state index contributed by atoms with van der Waals surface area (Å²) in [5.41, 5.74) is 20.3. The predicted molar refractivity (Wildman–Crippen MR) is 505 cm³/mol. The van der Waals surface area contributed by atoms with Crippen molar-refractivity contribution in [2.24, 2.45) is 0 Å². The molecule has 0 unspecified atom stereocenters. The number of carboxylic acids is 2. The molecule has 17 rings (SSSR count). The van der Waals surface area contributed by atoms with Gasteiger partial charge in [0.05, 0.1) is 54.9 Å². The predicted octanol–water partition coefficient (Wildman–Crippen LogP) is 22.1. The Morgan fingerprint density at radius 3 is 0.992 bits per heavy atom. The summed E-state index contributed by atoms with van der Waals surface area (Å²) in [4.78, 5) is 51.1. The summed E-state index contributed by atoms with van der Waals surface area (Å²) >= 11 is 10.6. The van der Waals surface area contributed by atoms with E-state index >= 15 is 0 Å². The highest BCUT2D eigenvalue weighted by Gasteiger charge is 2.45. The fraction of sp³-hybridized carbons (Fsp3) is 0.200. The van der Waals surface area contributed by atoms with Crippen molar-refractivity contribution in [3.8, 4) is 0 Å². The minimum absolute atomic E-state index is 0.116. The number of nitrogen functional groups attached to an aromatic ring is 1. The summed E-state index contributed by atoms with van der Waals surface area (Å²) in [6, 6.07) is 118. The summed E-state index contributed by atoms with van der Waals surface area (Å²) in [5.74, 6) is -3.16. The van der Waals surface area contributed by atoms with Crippen LogP contribution in [0.25, 0.3) is 0 Å². The molecule has 2 aliphatic carbocycles. The second kappa shape index (κ2) is 55.1. The molecule has 1 aliphatic heterocycles. The van der Waals surface area contributed by atoms with Crippen LogP contribution in [0, 0.1) is 5.82 Å². The number of ether oxygens (including phenoxy) is 2. The summed E-state index contributed by atoms with van der Waals surface area (Å²) in [6.07, 6.45) is 7.21. The molecule has 3 fully saturated rings. The van der Waals surface area contributed by atoms with Crippen LogP contribution < -0.4 is 25.8 Å². The largest absolute Gasteiger partial charge is 0.478 e. The number of para-hydroxylation sites is 4. The first-order chi connectivity index (χ1) is 62.3. The van der Waals surface area contributed by atoms with Gasteiger partial charge in [-0.2, -0.15) is 4.98 Å². The lowest BCUT2D eigenvalue weighted by atomic mass is 10.0. The van der Waals surface area contributed by atoms with Gasteiger partial charge < -0.3 is 60.8 Å². The van der Waals surface area contributed by atoms with Gasteiger partial charge in [-0.3, -0.25) is 4.39 Å². The number of nitrogens with one attached hydrogen (secondary N) is 1. The van der Waals surface area contributed by atoms with Crippen molar-refractivity contribution in [2.45, 2.75) is 102 Å². The molecule has 2 heterocycles. The Kier molecular flexibility index (Phi) is 42.4. The number of nitrogens with zero attached hydrogens (tertiary/aromatic N) is 6. The lowest BCUT2D eigenvalue weighted by Gasteiger charge is -2.29. The van der Waals surface area contributed by atoms with Gasteiger partial charge >= 0.3 is 17.9 Å². The number of benzene rings is 13. The van der Waals surface area contributed by atoms with E-state index in [0.717, 1.165) is 118 Å². The van der Waals surface area contributed by atoms with Crippen LogP contribution in [0.1, 0.15) is 127 Å². The molecule has 2 saturated carbocycles. The van der Waals surface area contributed by atoms with E-state index in [4.69, 9.17) is 50.0 Å². The Morgan fingerprint density at radius 2 is 0.693 bits per heavy atom. The lowest BCUT2D eigenvalue weighted by Crippen LogP contribution is -2.25. The first-order valence-electron chi connectivity index (χ1n) is 42.1. The zero-order chi connectivity index (χ0) is 91.4. The molecule has 1 aromatic heterocycles. The summed E-state index contributed by atoms with van der Waals surface area (Å²) in [6.45, 7) is 8.23. The van der Waals surface area contributed by atoms with E-state index in [1.165, 1.54) is 77.9 Å². The van der Waals surface area contributed by atoms with Crippen molar-refractivity contribution < 1.29 is 59.5 Å². The van der Waals surface area contributed by atoms with E-state index in [-0.39, 0.29) is 22.1 Å². The molecule has 13 aromatic carbocycles. The van der Waals surface area contributed by atoms with E-state index in [0.29, 0.717) is 43.0 Å². The molecule has 18 nitrogen and oxygen atoms in total. The Balaban J connectivity index is 0.000000187. The monoisotopic (exact) mass is 1750 g/mol. The number of hydrogen-bond donors (Lipinski definition) is 7. The Hall–Kier alpha value is -13.3. The van der Waals surface area contributed by atoms with Crippen molar-refractivity contribution in [2.75, 3.05) is 55.0 Å². The number of carbonyl (C=O) groups excluding carboxylic acids is 1. The van der Waals surface area contributed by atoms with E-state index < -0.39 is 36.1 Å². The van der Waals surface area contributed by atoms with Gasteiger partial charge in [0.1, 0.15) is 12.1 Å². The highest BCUT2D eigenvalue weighted by atomic mass is 35.5. The molecule has 1 saturated heterocycles. The number of alkyl halides is 1. The number of esters is 1.